The number of sulfonamides is 1. The van der Waals surface area contributed by atoms with Crippen molar-refractivity contribution in [1.82, 2.24) is 4.90 Å². The van der Waals surface area contributed by atoms with Crippen LogP contribution in [0.1, 0.15) is 5.56 Å². The van der Waals surface area contributed by atoms with E-state index in [4.69, 9.17) is 11.6 Å². The van der Waals surface area contributed by atoms with Crippen LogP contribution in [0.3, 0.4) is 0 Å². The number of aryl methyl sites for hydroxylation is 1. The average Bonchev–Trinajstić information content (AvgIpc) is 2.64. The lowest BCUT2D eigenvalue weighted by molar-refractivity contribution is -0.0493. The molecule has 0 saturated carbocycles. The van der Waals surface area contributed by atoms with Gasteiger partial charge in [-0.05, 0) is 49.9 Å². The Labute approximate surface area is 186 Å². The number of hydrogen-bond donors (Lipinski definition) is 1. The van der Waals surface area contributed by atoms with Gasteiger partial charge < -0.3 is 14.5 Å². The monoisotopic (exact) mass is 481 g/mol. The zero-order valence-electron chi connectivity index (χ0n) is 16.4. The molecule has 0 spiro atoms. The maximum absolute atomic E-state index is 12.9. The first-order valence-electron chi connectivity index (χ1n) is 8.97. The molecule has 1 aliphatic heterocycles. The summed E-state index contributed by atoms with van der Waals surface area (Å²) < 4.78 is 57.9. The Morgan fingerprint density at radius 3 is 2.40 bits per heavy atom. The molecule has 2 aromatic rings. The number of nitrogens with one attached hydrogen (secondary N) is 1. The minimum absolute atomic E-state index is 0. The molecule has 0 aromatic heterocycles. The van der Waals surface area contributed by atoms with Gasteiger partial charge in [0.15, 0.2) is 0 Å². The third-order valence-corrected chi connectivity index (χ3v) is 6.34. The van der Waals surface area contributed by atoms with E-state index >= 15 is 0 Å². The molecule has 1 N–H and O–H groups in total. The number of rotatable bonds is 6. The smallest absolute Gasteiger partial charge is 0.387 e. The number of likely N-dealkylation sites (N-methyl/N-ethyl adjacent to an activating group) is 1. The molecule has 11 heteroatoms. The molecule has 0 radical (unpaired) electrons. The Morgan fingerprint density at radius 1 is 1.10 bits per heavy atom. The van der Waals surface area contributed by atoms with E-state index in [0.717, 1.165) is 37.4 Å². The highest BCUT2D eigenvalue weighted by molar-refractivity contribution is 7.92. The summed E-state index contributed by atoms with van der Waals surface area (Å²) in [6, 6.07) is 8.57. The second kappa shape index (κ2) is 10.00. The first-order valence-corrected chi connectivity index (χ1v) is 10.8. The molecule has 1 saturated heterocycles. The first-order chi connectivity index (χ1) is 13.7. The summed E-state index contributed by atoms with van der Waals surface area (Å²) in [5, 5.41) is 0.186. The third-order valence-electron chi connectivity index (χ3n) is 4.74. The van der Waals surface area contributed by atoms with E-state index in [-0.39, 0.29) is 33.8 Å². The molecule has 1 fully saturated rings. The zero-order chi connectivity index (χ0) is 21.2. The van der Waals surface area contributed by atoms with Crippen LogP contribution in [-0.2, 0) is 10.0 Å². The number of benzene rings is 2. The lowest BCUT2D eigenvalue weighted by atomic mass is 10.1. The fraction of sp³-hybridized carbons (Fsp3) is 0.368. The van der Waals surface area contributed by atoms with E-state index in [2.05, 4.69) is 19.3 Å². The summed E-state index contributed by atoms with van der Waals surface area (Å²) in [6.07, 6.45) is 0. The Balaban J connectivity index is 0.00000320. The molecule has 1 heterocycles. The number of hydrogen-bond acceptors (Lipinski definition) is 5. The Kier molecular flexibility index (Phi) is 8.15. The van der Waals surface area contributed by atoms with Crippen molar-refractivity contribution in [3.63, 3.8) is 0 Å². The van der Waals surface area contributed by atoms with Crippen LogP contribution in [0.5, 0.6) is 5.75 Å². The molecule has 0 aliphatic carbocycles. The predicted octanol–water partition coefficient (Wildman–Crippen LogP) is 4.22. The van der Waals surface area contributed by atoms with Gasteiger partial charge >= 0.3 is 6.61 Å². The fourth-order valence-corrected chi connectivity index (χ4v) is 4.38. The van der Waals surface area contributed by atoms with Crippen molar-refractivity contribution >= 4 is 45.4 Å². The van der Waals surface area contributed by atoms with Gasteiger partial charge in [-0.2, -0.15) is 8.78 Å². The number of alkyl halides is 2. The van der Waals surface area contributed by atoms with Crippen molar-refractivity contribution in [2.45, 2.75) is 18.4 Å². The van der Waals surface area contributed by atoms with Gasteiger partial charge in [0.1, 0.15) is 5.75 Å². The van der Waals surface area contributed by atoms with E-state index < -0.39 is 16.6 Å². The van der Waals surface area contributed by atoms with Crippen LogP contribution in [0, 0.1) is 6.92 Å². The highest BCUT2D eigenvalue weighted by atomic mass is 35.5. The summed E-state index contributed by atoms with van der Waals surface area (Å²) in [4.78, 5) is 4.37. The molecule has 0 unspecified atom stereocenters. The van der Waals surface area contributed by atoms with Crippen LogP contribution < -0.4 is 14.4 Å². The topological polar surface area (TPSA) is 61.9 Å². The van der Waals surface area contributed by atoms with Crippen molar-refractivity contribution in [3.8, 4) is 5.75 Å². The summed E-state index contributed by atoms with van der Waals surface area (Å²) in [5.74, 6) is -0.306. The second-order valence-electron chi connectivity index (χ2n) is 6.86. The number of halogens is 4. The van der Waals surface area contributed by atoms with Crippen LogP contribution in [0.2, 0.25) is 5.02 Å². The number of nitrogens with zero attached hydrogens (tertiary/aromatic N) is 2. The summed E-state index contributed by atoms with van der Waals surface area (Å²) in [7, 11) is -2.01. The Bertz CT molecular complexity index is 985. The van der Waals surface area contributed by atoms with E-state index in [1.165, 1.54) is 24.3 Å². The number of ether oxygens (including phenoxy) is 1. The maximum atomic E-state index is 12.9. The van der Waals surface area contributed by atoms with Gasteiger partial charge in [-0.1, -0.05) is 17.7 Å². The predicted molar refractivity (Wildman–Crippen MR) is 117 cm³/mol. The van der Waals surface area contributed by atoms with E-state index in [0.29, 0.717) is 0 Å². The molecule has 6 nitrogen and oxygen atoms in total. The summed E-state index contributed by atoms with van der Waals surface area (Å²) >= 11 is 5.90. The maximum Gasteiger partial charge on any atom is 0.387 e. The van der Waals surface area contributed by atoms with E-state index in [1.54, 1.807) is 12.1 Å². The fourth-order valence-electron chi connectivity index (χ4n) is 3.13. The largest absolute Gasteiger partial charge is 0.433 e. The Morgan fingerprint density at radius 2 is 1.77 bits per heavy atom. The molecule has 3 rings (SSSR count). The van der Waals surface area contributed by atoms with Crippen molar-refractivity contribution in [2.75, 3.05) is 42.8 Å². The van der Waals surface area contributed by atoms with Crippen molar-refractivity contribution in [1.29, 1.82) is 0 Å². The third kappa shape index (κ3) is 5.87. The van der Waals surface area contributed by atoms with Crippen LogP contribution in [0.25, 0.3) is 0 Å². The molecule has 0 bridgehead atoms. The molecule has 166 valence electrons. The minimum Gasteiger partial charge on any atom is -0.433 e. The lowest BCUT2D eigenvalue weighted by Gasteiger charge is -2.35. The van der Waals surface area contributed by atoms with Gasteiger partial charge in [0.05, 0.1) is 10.6 Å². The molecule has 2 aromatic carbocycles. The summed E-state index contributed by atoms with van der Waals surface area (Å²) in [6.45, 7) is 2.16. The van der Waals surface area contributed by atoms with Gasteiger partial charge in [0.2, 0.25) is 0 Å². The van der Waals surface area contributed by atoms with E-state index in [1.807, 2.05) is 14.0 Å². The SMILES string of the molecule is Cc1ccc(S(=O)(=O)Nc2cc(Cl)ccc2OC(F)F)cc1N1CCN(C)CC1.Cl. The quantitative estimate of drug-likeness (QED) is 0.668. The molecule has 1 aliphatic rings. The zero-order valence-corrected chi connectivity index (χ0v) is 18.8. The van der Waals surface area contributed by atoms with Gasteiger partial charge in [-0.15, -0.1) is 12.4 Å². The minimum atomic E-state index is -4.05. The Hall–Kier alpha value is -1.81. The molecule has 30 heavy (non-hydrogen) atoms. The van der Waals surface area contributed by atoms with Crippen LogP contribution in [0.15, 0.2) is 41.3 Å². The highest BCUT2D eigenvalue weighted by Gasteiger charge is 2.22. The van der Waals surface area contributed by atoms with Gasteiger partial charge in [0, 0.05) is 36.9 Å². The summed E-state index contributed by atoms with van der Waals surface area (Å²) in [5.41, 5.74) is 1.63. The number of piperazine rings is 1. The molecular weight excluding hydrogens is 459 g/mol. The normalized spacial score (nSPS) is 15.1. The van der Waals surface area contributed by atoms with Crippen molar-refractivity contribution < 1.29 is 21.9 Å². The second-order valence-corrected chi connectivity index (χ2v) is 8.98. The van der Waals surface area contributed by atoms with Gasteiger partial charge in [-0.3, -0.25) is 4.72 Å². The molecule has 0 atom stereocenters. The van der Waals surface area contributed by atoms with Crippen LogP contribution >= 0.6 is 24.0 Å². The number of anilines is 2. The highest BCUT2D eigenvalue weighted by Crippen LogP contribution is 2.32. The van der Waals surface area contributed by atoms with Crippen molar-refractivity contribution in [3.05, 3.63) is 47.0 Å². The van der Waals surface area contributed by atoms with Gasteiger partial charge in [0.25, 0.3) is 10.0 Å². The van der Waals surface area contributed by atoms with Crippen molar-refractivity contribution in [2.24, 2.45) is 0 Å². The standard InChI is InChI=1S/C19H22ClF2N3O3S.ClH/c1-13-3-5-15(12-17(13)25-9-7-24(2)8-10-25)29(26,27)23-16-11-14(20)4-6-18(16)28-19(21)22;/h3-6,11-12,19,23H,7-10H2,1-2H3;1H. The first kappa shape index (κ1) is 24.5. The lowest BCUT2D eigenvalue weighted by Crippen LogP contribution is -2.44. The van der Waals surface area contributed by atoms with Crippen LogP contribution in [-0.4, -0.2) is 53.2 Å². The van der Waals surface area contributed by atoms with E-state index in [9.17, 15) is 17.2 Å². The molecule has 0 amide bonds. The average molecular weight is 482 g/mol. The molecular formula is C19H23Cl2F2N3O3S. The van der Waals surface area contributed by atoms with Gasteiger partial charge in [-0.25, -0.2) is 8.42 Å². The van der Waals surface area contributed by atoms with Crippen LogP contribution in [0.4, 0.5) is 20.2 Å².